The number of fused-ring (bicyclic) bond motifs is 1. The number of hydrogen-bond donors (Lipinski definition) is 1. The number of nitrogens with zero attached hydrogens (tertiary/aromatic N) is 3. The maximum Gasteiger partial charge on any atom is 0.320 e. The number of nitrogens with one attached hydrogen (secondary N) is 1. The zero-order valence-electron chi connectivity index (χ0n) is 16.8. The van der Waals surface area contributed by atoms with E-state index >= 15 is 0 Å². The van der Waals surface area contributed by atoms with E-state index < -0.39 is 0 Å². The second kappa shape index (κ2) is 9.13. The Balaban J connectivity index is 1.28. The van der Waals surface area contributed by atoms with Crippen LogP contribution in [0.1, 0.15) is 18.9 Å². The van der Waals surface area contributed by atoms with Crippen molar-refractivity contribution in [3.63, 3.8) is 0 Å². The maximum atomic E-state index is 12.6. The van der Waals surface area contributed by atoms with Gasteiger partial charge in [0.05, 0.1) is 16.8 Å². The third-order valence-corrected chi connectivity index (χ3v) is 5.86. The predicted octanol–water partition coefficient (Wildman–Crippen LogP) is 3.96. The monoisotopic (exact) mass is 424 g/mol. The summed E-state index contributed by atoms with van der Waals surface area (Å²) < 4.78 is 6.47. The van der Waals surface area contributed by atoms with Crippen molar-refractivity contribution in [2.75, 3.05) is 31.6 Å². The Bertz CT molecular complexity index is 1040. The highest BCUT2D eigenvalue weighted by atomic mass is 32.1. The predicted molar refractivity (Wildman–Crippen MR) is 118 cm³/mol. The molecule has 30 heavy (non-hydrogen) atoms. The number of thiazole rings is 1. The van der Waals surface area contributed by atoms with Crippen molar-refractivity contribution in [1.29, 1.82) is 0 Å². The van der Waals surface area contributed by atoms with Crippen molar-refractivity contribution in [2.45, 2.75) is 19.9 Å². The molecule has 0 radical (unpaired) electrons. The summed E-state index contributed by atoms with van der Waals surface area (Å²) in [7, 11) is 0. The zero-order valence-corrected chi connectivity index (χ0v) is 17.7. The van der Waals surface area contributed by atoms with E-state index in [-0.39, 0.29) is 18.4 Å². The van der Waals surface area contributed by atoms with Crippen LogP contribution in [0.15, 0.2) is 48.5 Å². The normalized spacial score (nSPS) is 13.8. The van der Waals surface area contributed by atoms with Gasteiger partial charge >= 0.3 is 6.03 Å². The fourth-order valence-corrected chi connectivity index (χ4v) is 4.33. The van der Waals surface area contributed by atoms with Gasteiger partial charge in [-0.05, 0) is 30.7 Å². The fraction of sp³-hybridized carbons (Fsp3) is 0.318. The molecule has 0 spiro atoms. The summed E-state index contributed by atoms with van der Waals surface area (Å²) in [6.45, 7) is 4.85. The molecule has 1 saturated heterocycles. The van der Waals surface area contributed by atoms with E-state index in [1.54, 1.807) is 4.90 Å². The molecule has 1 N–H and O–H groups in total. The number of aromatic nitrogens is 1. The fourth-order valence-electron chi connectivity index (χ4n) is 3.42. The first kappa shape index (κ1) is 20.2. The van der Waals surface area contributed by atoms with Crippen LogP contribution < -0.4 is 10.1 Å². The molecule has 7 nitrogen and oxygen atoms in total. The highest BCUT2D eigenvalue weighted by molar-refractivity contribution is 7.22. The number of benzene rings is 2. The van der Waals surface area contributed by atoms with Crippen LogP contribution in [-0.4, -0.2) is 53.0 Å². The Morgan fingerprint density at radius 2 is 1.97 bits per heavy atom. The number of rotatable bonds is 8. The van der Waals surface area contributed by atoms with Gasteiger partial charge in [0.25, 0.3) is 0 Å². The van der Waals surface area contributed by atoms with E-state index in [9.17, 15) is 9.59 Å². The van der Waals surface area contributed by atoms with Crippen LogP contribution in [0.3, 0.4) is 0 Å². The number of urea groups is 1. The molecule has 4 rings (SSSR count). The van der Waals surface area contributed by atoms with Crippen molar-refractivity contribution >= 4 is 38.6 Å². The molecular weight excluding hydrogens is 400 g/mol. The van der Waals surface area contributed by atoms with Gasteiger partial charge in [-0.2, -0.15) is 0 Å². The van der Waals surface area contributed by atoms with Crippen molar-refractivity contribution in [2.24, 2.45) is 0 Å². The molecule has 3 amide bonds. The SMILES string of the molecule is CCOc1ccc2nc(NC(=O)CCN3CCN(Cc4ccccc4)C3=O)sc2c1. The van der Waals surface area contributed by atoms with Gasteiger partial charge in [-0.1, -0.05) is 41.7 Å². The minimum Gasteiger partial charge on any atom is -0.494 e. The largest absolute Gasteiger partial charge is 0.494 e. The number of anilines is 1. The molecule has 1 aliphatic rings. The van der Waals surface area contributed by atoms with Gasteiger partial charge in [-0.25, -0.2) is 9.78 Å². The van der Waals surface area contributed by atoms with Gasteiger partial charge < -0.3 is 19.9 Å². The highest BCUT2D eigenvalue weighted by Crippen LogP contribution is 2.29. The van der Waals surface area contributed by atoms with Gasteiger partial charge in [0.1, 0.15) is 5.75 Å². The Labute approximate surface area is 179 Å². The molecule has 156 valence electrons. The lowest BCUT2D eigenvalue weighted by molar-refractivity contribution is -0.116. The van der Waals surface area contributed by atoms with Crippen molar-refractivity contribution in [3.8, 4) is 5.75 Å². The Hall–Kier alpha value is -3.13. The molecule has 2 heterocycles. The molecule has 2 aromatic carbocycles. The molecule has 0 unspecified atom stereocenters. The molecule has 8 heteroatoms. The lowest BCUT2D eigenvalue weighted by Gasteiger charge is -2.18. The van der Waals surface area contributed by atoms with Crippen molar-refractivity contribution in [1.82, 2.24) is 14.8 Å². The summed E-state index contributed by atoms with van der Waals surface area (Å²) in [5.74, 6) is 0.646. The Morgan fingerprint density at radius 1 is 1.17 bits per heavy atom. The second-order valence-electron chi connectivity index (χ2n) is 7.06. The van der Waals surface area contributed by atoms with Gasteiger partial charge in [-0.15, -0.1) is 0 Å². The van der Waals surface area contributed by atoms with E-state index in [1.807, 2.05) is 60.4 Å². The van der Waals surface area contributed by atoms with Crippen LogP contribution in [0.4, 0.5) is 9.93 Å². The van der Waals surface area contributed by atoms with E-state index in [0.29, 0.717) is 37.9 Å². The Kier molecular flexibility index (Phi) is 6.13. The molecule has 0 aliphatic carbocycles. The summed E-state index contributed by atoms with van der Waals surface area (Å²) in [6.07, 6.45) is 0.241. The van der Waals surface area contributed by atoms with Crippen LogP contribution in [0.25, 0.3) is 10.2 Å². The van der Waals surface area contributed by atoms with E-state index in [1.165, 1.54) is 11.3 Å². The molecule has 3 aromatic rings. The van der Waals surface area contributed by atoms with Gasteiger partial charge in [0, 0.05) is 32.6 Å². The maximum absolute atomic E-state index is 12.6. The van der Waals surface area contributed by atoms with Crippen LogP contribution in [0, 0.1) is 0 Å². The van der Waals surface area contributed by atoms with Crippen LogP contribution in [0.5, 0.6) is 5.75 Å². The summed E-state index contributed by atoms with van der Waals surface area (Å²) >= 11 is 1.41. The molecular formula is C22H24N4O3S. The first-order valence-corrected chi connectivity index (χ1v) is 10.8. The van der Waals surface area contributed by atoms with E-state index in [2.05, 4.69) is 10.3 Å². The first-order chi connectivity index (χ1) is 14.6. The quantitative estimate of drug-likeness (QED) is 0.594. The van der Waals surface area contributed by atoms with Crippen LogP contribution in [-0.2, 0) is 11.3 Å². The second-order valence-corrected chi connectivity index (χ2v) is 8.09. The van der Waals surface area contributed by atoms with E-state index in [0.717, 1.165) is 21.5 Å². The number of hydrogen-bond acceptors (Lipinski definition) is 5. The molecule has 1 aliphatic heterocycles. The minimum atomic E-state index is -0.145. The minimum absolute atomic E-state index is 0.0184. The van der Waals surface area contributed by atoms with Gasteiger partial charge in [0.15, 0.2) is 5.13 Å². The summed E-state index contributed by atoms with van der Waals surface area (Å²) in [6, 6.07) is 15.6. The first-order valence-electron chi connectivity index (χ1n) is 10.0. The molecule has 0 atom stereocenters. The number of carbonyl (C=O) groups is 2. The smallest absolute Gasteiger partial charge is 0.320 e. The highest BCUT2D eigenvalue weighted by Gasteiger charge is 2.28. The van der Waals surface area contributed by atoms with E-state index in [4.69, 9.17) is 4.74 Å². The molecule has 1 aromatic heterocycles. The lowest BCUT2D eigenvalue weighted by Crippen LogP contribution is -2.33. The van der Waals surface area contributed by atoms with Crippen molar-refractivity contribution in [3.05, 3.63) is 54.1 Å². The number of amides is 3. The number of ether oxygens (including phenoxy) is 1. The average Bonchev–Trinajstić information content (AvgIpc) is 3.30. The van der Waals surface area contributed by atoms with Gasteiger partial charge in [0.2, 0.25) is 5.91 Å². The van der Waals surface area contributed by atoms with Crippen LogP contribution >= 0.6 is 11.3 Å². The molecule has 1 fully saturated rings. The standard InChI is InChI=1S/C22H24N4O3S/c1-2-29-17-8-9-18-19(14-17)30-21(23-18)24-20(27)10-11-25-12-13-26(22(25)28)15-16-6-4-3-5-7-16/h3-9,14H,2,10-13,15H2,1H3,(H,23,24,27). The summed E-state index contributed by atoms with van der Waals surface area (Å²) in [5, 5.41) is 3.41. The Morgan fingerprint density at radius 3 is 2.77 bits per heavy atom. The zero-order chi connectivity index (χ0) is 20.9. The average molecular weight is 425 g/mol. The van der Waals surface area contributed by atoms with Crippen molar-refractivity contribution < 1.29 is 14.3 Å². The lowest BCUT2D eigenvalue weighted by atomic mass is 10.2. The summed E-state index contributed by atoms with van der Waals surface area (Å²) in [4.78, 5) is 33.0. The summed E-state index contributed by atoms with van der Waals surface area (Å²) in [5.41, 5.74) is 1.93. The third kappa shape index (κ3) is 4.71. The van der Waals surface area contributed by atoms with Crippen LogP contribution in [0.2, 0.25) is 0 Å². The molecule has 0 bridgehead atoms. The molecule has 0 saturated carbocycles. The number of carbonyl (C=O) groups excluding carboxylic acids is 2. The third-order valence-electron chi connectivity index (χ3n) is 4.92. The van der Waals surface area contributed by atoms with Gasteiger partial charge in [-0.3, -0.25) is 4.79 Å². The topological polar surface area (TPSA) is 74.8 Å².